The van der Waals surface area contributed by atoms with Crippen LogP contribution in [0.1, 0.15) is 24.4 Å². The highest BCUT2D eigenvalue weighted by atomic mass is 31.2. The second-order valence-corrected chi connectivity index (χ2v) is 11.5. The Morgan fingerprint density at radius 2 is 1.98 bits per heavy atom. The van der Waals surface area contributed by atoms with Crippen molar-refractivity contribution >= 4 is 36.3 Å². The number of fused-ring (bicyclic) bond motifs is 5. The number of aromatic nitrogens is 7. The van der Waals surface area contributed by atoms with Crippen LogP contribution >= 0.6 is 7.82 Å². The fourth-order valence-electron chi connectivity index (χ4n) is 5.66. The average molecular weight is 607 g/mol. The van der Waals surface area contributed by atoms with Gasteiger partial charge < -0.3 is 40.8 Å². The van der Waals surface area contributed by atoms with E-state index in [0.29, 0.717) is 11.2 Å². The van der Waals surface area contributed by atoms with Gasteiger partial charge in [0.1, 0.15) is 30.2 Å². The van der Waals surface area contributed by atoms with Gasteiger partial charge in [-0.3, -0.25) is 23.4 Å². The molecule has 3 fully saturated rings. The summed E-state index contributed by atoms with van der Waals surface area (Å²) in [6.07, 6.45) is -5.88. The van der Waals surface area contributed by atoms with Crippen LogP contribution in [0, 0.1) is 5.92 Å². The van der Waals surface area contributed by atoms with Gasteiger partial charge in [-0.25, -0.2) is 19.0 Å². The van der Waals surface area contributed by atoms with Gasteiger partial charge in [-0.1, -0.05) is 0 Å². The lowest BCUT2D eigenvalue weighted by Gasteiger charge is -2.26. The highest BCUT2D eigenvalue weighted by Gasteiger charge is 2.52. The first kappa shape index (κ1) is 27.3. The van der Waals surface area contributed by atoms with Gasteiger partial charge in [0.15, 0.2) is 29.5 Å². The van der Waals surface area contributed by atoms with Crippen molar-refractivity contribution in [2.24, 2.45) is 5.92 Å². The summed E-state index contributed by atoms with van der Waals surface area (Å²) < 4.78 is 44.4. The summed E-state index contributed by atoms with van der Waals surface area (Å²) in [5, 5.41) is 26.5. The molecule has 0 saturated carbocycles. The minimum absolute atomic E-state index is 0.00811. The number of rotatable bonds is 2. The number of nitrogens with one attached hydrogen (secondary N) is 1. The number of aromatic amines is 1. The summed E-state index contributed by atoms with van der Waals surface area (Å²) in [5.74, 6) is -0.583. The summed E-state index contributed by atoms with van der Waals surface area (Å²) in [5.41, 5.74) is 11.9. The van der Waals surface area contributed by atoms with Crippen molar-refractivity contribution in [1.82, 2.24) is 34.1 Å². The number of phosphoric ester groups is 1. The normalized spacial score (nSPS) is 35.7. The zero-order valence-electron chi connectivity index (χ0n) is 21.5. The molecule has 9 atom stereocenters. The standard InChI is InChI=1S/C22H26N9O10P/c23-17-10-2-1-9(31(10)27-6-25-17)15-13(32)8-3-4-37-21-14(33)16(41-42(35,36)38-5-11(8)39-15)20(40-21)30-7-26-12-18(30)28-22(24)29-19(12)34/h1-2,6-8,11,13-16,20-21,32-33H,3-5H2,(H,35,36)(H2,23,25,27)(H3,24,28,29,34)/t8-,11-,13-,14+,15+,16-,20-,21?/m1/s1. The third kappa shape index (κ3) is 4.46. The quantitative estimate of drug-likeness (QED) is 0.143. The Morgan fingerprint density at radius 1 is 1.14 bits per heavy atom. The van der Waals surface area contributed by atoms with E-state index in [1.54, 1.807) is 12.1 Å². The van der Waals surface area contributed by atoms with E-state index in [2.05, 4.69) is 25.0 Å². The lowest BCUT2D eigenvalue weighted by molar-refractivity contribution is -0.178. The smallest absolute Gasteiger partial charge is 0.390 e. The number of nitrogen functional groups attached to an aromatic ring is 2. The van der Waals surface area contributed by atoms with Crippen molar-refractivity contribution < 1.29 is 42.9 Å². The zero-order valence-corrected chi connectivity index (χ0v) is 22.4. The minimum Gasteiger partial charge on any atom is -0.390 e. The molecule has 0 aliphatic carbocycles. The maximum Gasteiger partial charge on any atom is 0.472 e. The molecule has 20 heteroatoms. The van der Waals surface area contributed by atoms with Gasteiger partial charge in [0.05, 0.1) is 37.4 Å². The summed E-state index contributed by atoms with van der Waals surface area (Å²) in [6, 6.07) is 3.38. The molecule has 3 aliphatic heterocycles. The maximum absolute atomic E-state index is 13.1. The molecular formula is C22H26N9O10P. The van der Waals surface area contributed by atoms with Gasteiger partial charge in [0.25, 0.3) is 5.56 Å². The van der Waals surface area contributed by atoms with Gasteiger partial charge in [-0.2, -0.15) is 10.1 Å². The molecule has 4 aromatic heterocycles. The highest BCUT2D eigenvalue weighted by Crippen LogP contribution is 2.51. The zero-order chi connectivity index (χ0) is 29.3. The maximum atomic E-state index is 13.1. The monoisotopic (exact) mass is 607 g/mol. The molecule has 0 amide bonds. The molecule has 2 unspecified atom stereocenters. The van der Waals surface area contributed by atoms with Crippen LogP contribution in [0.4, 0.5) is 11.8 Å². The summed E-state index contributed by atoms with van der Waals surface area (Å²) >= 11 is 0. The molecule has 0 radical (unpaired) electrons. The molecule has 7 heterocycles. The van der Waals surface area contributed by atoms with Gasteiger partial charge in [0, 0.05) is 5.92 Å². The van der Waals surface area contributed by atoms with Crippen LogP contribution in [0.2, 0.25) is 0 Å². The predicted octanol–water partition coefficient (Wildman–Crippen LogP) is -1.42. The molecule has 42 heavy (non-hydrogen) atoms. The van der Waals surface area contributed by atoms with Crippen LogP contribution in [-0.2, 0) is 27.8 Å². The molecule has 2 bridgehead atoms. The Labute approximate surface area is 234 Å². The first-order valence-electron chi connectivity index (χ1n) is 12.9. The lowest BCUT2D eigenvalue weighted by Crippen LogP contribution is -2.37. The second-order valence-electron chi connectivity index (χ2n) is 10.1. The van der Waals surface area contributed by atoms with Crippen molar-refractivity contribution in [3.8, 4) is 0 Å². The SMILES string of the molecule is Nc1nc2c(ncn2[C@@H]2OC3OCC[C@H]4[C@@H](O)[C@H](c5ccc6c(N)ncnn56)O[C@@H]4COP(=O)(O)O[C@@H]2[C@@H]3O)c(=O)[nH]1. The van der Waals surface area contributed by atoms with Gasteiger partial charge >= 0.3 is 7.82 Å². The molecule has 7 rings (SSSR count). The van der Waals surface area contributed by atoms with E-state index >= 15 is 0 Å². The molecule has 0 spiro atoms. The van der Waals surface area contributed by atoms with Gasteiger partial charge in [-0.15, -0.1) is 0 Å². The molecule has 19 nitrogen and oxygen atoms in total. The second kappa shape index (κ2) is 10.0. The number of hydrogen-bond acceptors (Lipinski definition) is 15. The van der Waals surface area contributed by atoms with Crippen LogP contribution in [0.25, 0.3) is 16.7 Å². The Bertz CT molecular complexity index is 1760. The number of ether oxygens (including phenoxy) is 3. The Morgan fingerprint density at radius 3 is 2.81 bits per heavy atom. The average Bonchev–Trinajstić information content (AvgIpc) is 3.69. The summed E-state index contributed by atoms with van der Waals surface area (Å²) in [7, 11) is -4.88. The molecule has 8 N–H and O–H groups in total. The van der Waals surface area contributed by atoms with Crippen LogP contribution in [0.5, 0.6) is 0 Å². The van der Waals surface area contributed by atoms with Crippen LogP contribution in [0.3, 0.4) is 0 Å². The third-order valence-electron chi connectivity index (χ3n) is 7.64. The number of hydrogen-bond donors (Lipinski definition) is 6. The Balaban J connectivity index is 1.17. The molecule has 224 valence electrons. The highest BCUT2D eigenvalue weighted by molar-refractivity contribution is 7.47. The van der Waals surface area contributed by atoms with Crippen LogP contribution in [-0.4, -0.2) is 93.1 Å². The topological polar surface area (TPSA) is 270 Å². The predicted molar refractivity (Wildman–Crippen MR) is 138 cm³/mol. The van der Waals surface area contributed by atoms with Crippen LogP contribution < -0.4 is 17.0 Å². The number of imidazole rings is 1. The van der Waals surface area contributed by atoms with E-state index in [1.165, 1.54) is 21.7 Å². The molecule has 3 aliphatic rings. The van der Waals surface area contributed by atoms with Crippen molar-refractivity contribution in [1.29, 1.82) is 0 Å². The number of nitrogens with zero attached hydrogens (tertiary/aromatic N) is 6. The number of aliphatic hydroxyl groups is 2. The number of anilines is 2. The Kier molecular flexibility index (Phi) is 6.53. The van der Waals surface area contributed by atoms with E-state index in [1.807, 2.05) is 0 Å². The minimum atomic E-state index is -4.88. The molecule has 0 aromatic carbocycles. The van der Waals surface area contributed by atoms with E-state index in [9.17, 15) is 24.5 Å². The first-order valence-corrected chi connectivity index (χ1v) is 14.4. The molecular weight excluding hydrogens is 581 g/mol. The molecule has 3 saturated heterocycles. The summed E-state index contributed by atoms with van der Waals surface area (Å²) in [4.78, 5) is 37.3. The number of nitrogens with two attached hydrogens (primary N) is 2. The van der Waals surface area contributed by atoms with Crippen LogP contribution in [0.15, 0.2) is 29.6 Å². The largest absolute Gasteiger partial charge is 0.472 e. The van der Waals surface area contributed by atoms with Crippen molar-refractivity contribution in [2.45, 2.75) is 49.5 Å². The third-order valence-corrected chi connectivity index (χ3v) is 8.62. The number of aliphatic hydroxyl groups excluding tert-OH is 2. The van der Waals surface area contributed by atoms with E-state index in [0.717, 1.165) is 0 Å². The van der Waals surface area contributed by atoms with E-state index < -0.39 is 68.9 Å². The van der Waals surface area contributed by atoms with E-state index in [4.69, 9.17) is 34.7 Å². The lowest BCUT2D eigenvalue weighted by atomic mass is 9.92. The first-order chi connectivity index (χ1) is 20.1. The van der Waals surface area contributed by atoms with Crippen molar-refractivity contribution in [2.75, 3.05) is 24.7 Å². The number of phosphoric acid groups is 1. The number of H-pyrrole nitrogens is 1. The fraction of sp³-hybridized carbons (Fsp3) is 0.500. The van der Waals surface area contributed by atoms with E-state index in [-0.39, 0.29) is 36.0 Å². The van der Waals surface area contributed by atoms with Crippen molar-refractivity contribution in [3.63, 3.8) is 0 Å². The summed E-state index contributed by atoms with van der Waals surface area (Å²) in [6.45, 7) is -0.447. The van der Waals surface area contributed by atoms with Gasteiger partial charge in [-0.05, 0) is 18.6 Å². The molecule has 4 aromatic rings. The van der Waals surface area contributed by atoms with Gasteiger partial charge in [0.2, 0.25) is 5.95 Å². The fourth-order valence-corrected chi connectivity index (χ4v) is 6.60. The Hall–Kier alpha value is -3.52. The van der Waals surface area contributed by atoms with Crippen molar-refractivity contribution in [3.05, 3.63) is 40.8 Å².